The quantitative estimate of drug-likeness (QED) is 0.748. The molecule has 2 N–H and O–H groups in total. The lowest BCUT2D eigenvalue weighted by atomic mass is 10.1. The number of piperidine rings is 1. The van der Waals surface area contributed by atoms with Crippen LogP contribution in [0.2, 0.25) is 5.02 Å². The minimum absolute atomic E-state index is 0.0185. The number of benzene rings is 1. The van der Waals surface area contributed by atoms with Crippen LogP contribution in [0.5, 0.6) is 0 Å². The smallest absolute Gasteiger partial charge is 0.238 e. The van der Waals surface area contributed by atoms with Crippen molar-refractivity contribution in [3.63, 3.8) is 0 Å². The zero-order valence-corrected chi connectivity index (χ0v) is 14.3. The van der Waals surface area contributed by atoms with Crippen molar-refractivity contribution in [2.45, 2.75) is 32.3 Å². The summed E-state index contributed by atoms with van der Waals surface area (Å²) in [5, 5.41) is 12.3. The van der Waals surface area contributed by atoms with Gasteiger partial charge < -0.3 is 15.2 Å². The molecule has 5 nitrogen and oxygen atoms in total. The minimum Gasteiger partial charge on any atom is -0.396 e. The maximum Gasteiger partial charge on any atom is 0.238 e. The van der Waals surface area contributed by atoms with Gasteiger partial charge in [-0.25, -0.2) is 0 Å². The van der Waals surface area contributed by atoms with Gasteiger partial charge in [0.15, 0.2) is 0 Å². The number of likely N-dealkylation sites (tertiary alicyclic amines) is 1. The van der Waals surface area contributed by atoms with Gasteiger partial charge in [0, 0.05) is 37.0 Å². The van der Waals surface area contributed by atoms with Gasteiger partial charge in [-0.2, -0.15) is 0 Å². The topological polar surface area (TPSA) is 61.8 Å². The van der Waals surface area contributed by atoms with Crippen molar-refractivity contribution in [3.05, 3.63) is 28.8 Å². The van der Waals surface area contributed by atoms with E-state index in [-0.39, 0.29) is 18.6 Å². The lowest BCUT2D eigenvalue weighted by Gasteiger charge is -2.31. The largest absolute Gasteiger partial charge is 0.396 e. The number of carbonyl (C=O) groups excluding carboxylic acids is 1. The van der Waals surface area contributed by atoms with Crippen LogP contribution in [0.25, 0.3) is 0 Å². The molecule has 1 amide bonds. The second-order valence-electron chi connectivity index (χ2n) is 5.88. The van der Waals surface area contributed by atoms with Crippen LogP contribution in [-0.2, 0) is 9.53 Å². The summed E-state index contributed by atoms with van der Waals surface area (Å²) in [6.45, 7) is 4.76. The summed E-state index contributed by atoms with van der Waals surface area (Å²) in [6.07, 6.45) is 2.78. The van der Waals surface area contributed by atoms with Gasteiger partial charge in [0.25, 0.3) is 0 Å². The van der Waals surface area contributed by atoms with E-state index in [4.69, 9.17) is 21.4 Å². The molecular formula is C17H25ClN2O3. The molecule has 1 aromatic carbocycles. The third kappa shape index (κ3) is 5.77. The third-order valence-electron chi connectivity index (χ3n) is 4.10. The Morgan fingerprint density at radius 2 is 2.17 bits per heavy atom. The molecule has 0 aliphatic carbocycles. The third-order valence-corrected chi connectivity index (χ3v) is 4.51. The molecule has 0 atom stereocenters. The molecule has 1 aromatic rings. The Morgan fingerprint density at radius 3 is 2.87 bits per heavy atom. The Kier molecular flexibility index (Phi) is 7.30. The van der Waals surface area contributed by atoms with Crippen LogP contribution in [0.15, 0.2) is 18.2 Å². The van der Waals surface area contributed by atoms with Gasteiger partial charge in [-0.1, -0.05) is 17.7 Å². The highest BCUT2D eigenvalue weighted by atomic mass is 35.5. The molecule has 1 aliphatic rings. The molecule has 1 heterocycles. The van der Waals surface area contributed by atoms with Crippen LogP contribution in [-0.4, -0.2) is 54.9 Å². The summed E-state index contributed by atoms with van der Waals surface area (Å²) < 4.78 is 5.70. The number of aliphatic hydroxyl groups excluding tert-OH is 1. The van der Waals surface area contributed by atoms with Gasteiger partial charge in [-0.05, 0) is 43.9 Å². The number of hydrogen-bond donors (Lipinski definition) is 2. The van der Waals surface area contributed by atoms with Crippen LogP contribution in [0.3, 0.4) is 0 Å². The number of rotatable bonds is 7. The number of carbonyl (C=O) groups is 1. The van der Waals surface area contributed by atoms with Gasteiger partial charge in [0.1, 0.15) is 0 Å². The molecule has 1 saturated heterocycles. The van der Waals surface area contributed by atoms with E-state index < -0.39 is 0 Å². The first-order valence-electron chi connectivity index (χ1n) is 8.10. The van der Waals surface area contributed by atoms with Crippen LogP contribution in [0, 0.1) is 6.92 Å². The number of amides is 1. The van der Waals surface area contributed by atoms with Crippen LogP contribution in [0.1, 0.15) is 24.8 Å². The van der Waals surface area contributed by atoms with Crippen molar-refractivity contribution in [1.82, 2.24) is 4.90 Å². The van der Waals surface area contributed by atoms with Crippen molar-refractivity contribution in [2.75, 3.05) is 38.2 Å². The lowest BCUT2D eigenvalue weighted by Crippen LogP contribution is -2.41. The van der Waals surface area contributed by atoms with Gasteiger partial charge in [0.2, 0.25) is 5.91 Å². The molecule has 128 valence electrons. The Morgan fingerprint density at radius 1 is 1.43 bits per heavy atom. The Bertz CT molecular complexity index is 517. The molecule has 0 aromatic heterocycles. The molecule has 0 radical (unpaired) electrons. The highest BCUT2D eigenvalue weighted by Crippen LogP contribution is 2.23. The van der Waals surface area contributed by atoms with Gasteiger partial charge in [-0.3, -0.25) is 9.69 Å². The summed E-state index contributed by atoms with van der Waals surface area (Å²) in [5.74, 6) is -0.0185. The SMILES string of the molecule is Cc1c(Cl)cccc1NC(=O)CN1CCC(OCCCO)CC1. The average molecular weight is 341 g/mol. The number of anilines is 1. The second-order valence-corrected chi connectivity index (χ2v) is 6.29. The predicted octanol–water partition coefficient (Wildman–Crippen LogP) is 2.45. The lowest BCUT2D eigenvalue weighted by molar-refractivity contribution is -0.118. The first-order valence-corrected chi connectivity index (χ1v) is 8.47. The molecular weight excluding hydrogens is 316 g/mol. The van der Waals surface area contributed by atoms with E-state index in [1.54, 1.807) is 0 Å². The molecule has 0 bridgehead atoms. The van der Waals surface area contributed by atoms with Gasteiger partial charge in [-0.15, -0.1) is 0 Å². The van der Waals surface area contributed by atoms with E-state index in [1.165, 1.54) is 0 Å². The molecule has 0 unspecified atom stereocenters. The number of ether oxygens (including phenoxy) is 1. The highest BCUT2D eigenvalue weighted by molar-refractivity contribution is 6.31. The Balaban J connectivity index is 1.73. The van der Waals surface area contributed by atoms with Crippen LogP contribution in [0.4, 0.5) is 5.69 Å². The fraction of sp³-hybridized carbons (Fsp3) is 0.588. The zero-order valence-electron chi connectivity index (χ0n) is 13.6. The van der Waals surface area contributed by atoms with Crippen molar-refractivity contribution in [1.29, 1.82) is 0 Å². The monoisotopic (exact) mass is 340 g/mol. The molecule has 6 heteroatoms. The van der Waals surface area contributed by atoms with E-state index in [1.807, 2.05) is 25.1 Å². The molecule has 1 aliphatic heterocycles. The van der Waals surface area contributed by atoms with E-state index in [2.05, 4.69) is 10.2 Å². The van der Waals surface area contributed by atoms with E-state index in [0.29, 0.717) is 24.6 Å². The summed E-state index contributed by atoms with van der Waals surface area (Å²) in [6, 6.07) is 5.51. The maximum atomic E-state index is 12.2. The van der Waals surface area contributed by atoms with Crippen molar-refractivity contribution in [2.24, 2.45) is 0 Å². The summed E-state index contributed by atoms with van der Waals surface area (Å²) >= 11 is 6.07. The number of nitrogens with one attached hydrogen (secondary N) is 1. The van der Waals surface area contributed by atoms with Gasteiger partial charge >= 0.3 is 0 Å². The second kappa shape index (κ2) is 9.23. The molecule has 2 rings (SSSR count). The van der Waals surface area contributed by atoms with Crippen LogP contribution < -0.4 is 5.32 Å². The Labute approximate surface area is 142 Å². The number of halogens is 1. The number of aliphatic hydroxyl groups is 1. The summed E-state index contributed by atoms with van der Waals surface area (Å²) in [5.41, 5.74) is 1.66. The molecule has 0 saturated carbocycles. The van der Waals surface area contributed by atoms with E-state index in [9.17, 15) is 4.79 Å². The average Bonchev–Trinajstić information content (AvgIpc) is 2.54. The number of nitrogens with zero attached hydrogens (tertiary/aromatic N) is 1. The van der Waals surface area contributed by atoms with E-state index >= 15 is 0 Å². The standard InChI is InChI=1S/C17H25ClN2O3/c1-13-15(18)4-2-5-16(13)19-17(22)12-20-8-6-14(7-9-20)23-11-3-10-21/h2,4-5,14,21H,3,6-12H2,1H3,(H,19,22). The predicted molar refractivity (Wildman–Crippen MR) is 91.9 cm³/mol. The highest BCUT2D eigenvalue weighted by Gasteiger charge is 2.21. The fourth-order valence-corrected chi connectivity index (χ4v) is 2.86. The summed E-state index contributed by atoms with van der Waals surface area (Å²) in [7, 11) is 0. The van der Waals surface area contributed by atoms with Crippen molar-refractivity contribution < 1.29 is 14.6 Å². The first kappa shape index (κ1) is 18.2. The fourth-order valence-electron chi connectivity index (χ4n) is 2.68. The molecule has 0 spiro atoms. The number of hydrogen-bond acceptors (Lipinski definition) is 4. The minimum atomic E-state index is -0.0185. The van der Waals surface area contributed by atoms with Crippen molar-refractivity contribution >= 4 is 23.2 Å². The molecule has 23 heavy (non-hydrogen) atoms. The summed E-state index contributed by atoms with van der Waals surface area (Å²) in [4.78, 5) is 14.3. The van der Waals surface area contributed by atoms with Crippen molar-refractivity contribution in [3.8, 4) is 0 Å². The van der Waals surface area contributed by atoms with Crippen LogP contribution >= 0.6 is 11.6 Å². The van der Waals surface area contributed by atoms with E-state index in [0.717, 1.165) is 37.2 Å². The zero-order chi connectivity index (χ0) is 16.7. The maximum absolute atomic E-state index is 12.2. The first-order chi connectivity index (χ1) is 11.1. The van der Waals surface area contributed by atoms with Gasteiger partial charge in [0.05, 0.1) is 12.6 Å². The Hall–Kier alpha value is -1.14. The molecule has 1 fully saturated rings. The normalized spacial score (nSPS) is 16.5.